The molecule has 3 aliphatic heterocycles. The number of ether oxygens (including phenoxy) is 1. The lowest BCUT2D eigenvalue weighted by atomic mass is 9.73. The lowest BCUT2D eigenvalue weighted by molar-refractivity contribution is 0.451. The molecule has 0 fully saturated rings. The Balaban J connectivity index is 1.46. The van der Waals surface area contributed by atoms with Gasteiger partial charge in [0.25, 0.3) is 0 Å². The normalized spacial score (nSPS) is 15.7. The maximum atomic E-state index is 9.91. The van der Waals surface area contributed by atoms with Crippen molar-refractivity contribution in [2.24, 2.45) is 0 Å². The average Bonchev–Trinajstić information content (AvgIpc) is 2.96. The van der Waals surface area contributed by atoms with Gasteiger partial charge in [0.2, 0.25) is 0 Å². The van der Waals surface area contributed by atoms with Gasteiger partial charge in [0, 0.05) is 58.4 Å². The molecule has 39 heavy (non-hydrogen) atoms. The Labute approximate surface area is 231 Å². The predicted molar refractivity (Wildman–Crippen MR) is 161 cm³/mol. The molecule has 0 bridgehead atoms. The average molecular weight is 517 g/mol. The largest absolute Gasteiger partial charge is 0.508 e. The number of hydrogen-bond acceptors (Lipinski definition) is 4. The van der Waals surface area contributed by atoms with Crippen molar-refractivity contribution in [1.29, 1.82) is 0 Å². The van der Waals surface area contributed by atoms with Crippen LogP contribution in [0.2, 0.25) is 0 Å². The number of phenols is 1. The van der Waals surface area contributed by atoms with E-state index in [1.807, 2.05) is 12.1 Å². The van der Waals surface area contributed by atoms with E-state index in [-0.39, 0.29) is 11.7 Å². The van der Waals surface area contributed by atoms with E-state index in [9.17, 15) is 5.11 Å². The fourth-order valence-electron chi connectivity index (χ4n) is 6.82. The maximum Gasteiger partial charge on any atom is 0.134 e. The minimum atomic E-state index is 0.167. The standard InChI is InChI=1S/C35H36N2O2/c1-3-5-7-19-36-26-11-9-12-27-32(26)35-33-28(36)13-10-14-30(33)39-31-22-24(23-15-17-25(38)18-16-23)21-29(34(31)35)37(27)20-8-6-4-2/h9-18,21-22,35,38H,3-8,19-20H2,1-2H3. The molecule has 0 radical (unpaired) electrons. The van der Waals surface area contributed by atoms with Crippen LogP contribution in [0.5, 0.6) is 17.2 Å². The van der Waals surface area contributed by atoms with E-state index in [0.717, 1.165) is 42.1 Å². The van der Waals surface area contributed by atoms with Crippen LogP contribution in [0.25, 0.3) is 11.1 Å². The molecule has 1 unspecified atom stereocenters. The van der Waals surface area contributed by atoms with Gasteiger partial charge < -0.3 is 19.6 Å². The maximum absolute atomic E-state index is 9.91. The number of nitrogens with zero attached hydrogens (tertiary/aromatic N) is 2. The summed E-state index contributed by atoms with van der Waals surface area (Å²) in [5, 5.41) is 9.91. The van der Waals surface area contributed by atoms with Gasteiger partial charge in [-0.1, -0.05) is 63.8 Å². The molecule has 1 N–H and O–H groups in total. The van der Waals surface area contributed by atoms with Crippen molar-refractivity contribution in [2.75, 3.05) is 22.9 Å². The lowest BCUT2D eigenvalue weighted by Gasteiger charge is -2.47. The highest BCUT2D eigenvalue weighted by atomic mass is 16.5. The second kappa shape index (κ2) is 9.68. The molecular weight excluding hydrogens is 480 g/mol. The summed E-state index contributed by atoms with van der Waals surface area (Å²) in [5.41, 5.74) is 11.4. The quantitative estimate of drug-likeness (QED) is 0.198. The summed E-state index contributed by atoms with van der Waals surface area (Å²) in [7, 11) is 0. The molecular formula is C35H36N2O2. The molecule has 4 aromatic carbocycles. The van der Waals surface area contributed by atoms with Crippen molar-refractivity contribution in [3.8, 4) is 28.4 Å². The van der Waals surface area contributed by atoms with Gasteiger partial charge in [-0.05, 0) is 72.5 Å². The second-order valence-electron chi connectivity index (χ2n) is 11.1. The van der Waals surface area contributed by atoms with Crippen LogP contribution in [0.3, 0.4) is 0 Å². The Hall–Kier alpha value is -3.92. The number of unbranched alkanes of at least 4 members (excludes halogenated alkanes) is 4. The van der Waals surface area contributed by atoms with Crippen LogP contribution in [-0.4, -0.2) is 18.2 Å². The van der Waals surface area contributed by atoms with Crippen LogP contribution >= 0.6 is 0 Å². The Bertz CT molecular complexity index is 1540. The van der Waals surface area contributed by atoms with Crippen LogP contribution in [0.1, 0.15) is 75.0 Å². The molecule has 0 aliphatic carbocycles. The molecule has 0 amide bonds. The van der Waals surface area contributed by atoms with Crippen LogP contribution in [-0.2, 0) is 0 Å². The highest BCUT2D eigenvalue weighted by Crippen LogP contribution is 2.64. The van der Waals surface area contributed by atoms with Crippen LogP contribution in [0, 0.1) is 0 Å². The van der Waals surface area contributed by atoms with E-state index in [1.165, 1.54) is 71.5 Å². The van der Waals surface area contributed by atoms with Crippen LogP contribution in [0.15, 0.2) is 72.8 Å². The van der Waals surface area contributed by atoms with E-state index in [4.69, 9.17) is 4.74 Å². The molecule has 3 heterocycles. The smallest absolute Gasteiger partial charge is 0.134 e. The third-order valence-corrected chi connectivity index (χ3v) is 8.64. The number of aromatic hydroxyl groups is 1. The number of hydrogen-bond donors (Lipinski definition) is 1. The minimum absolute atomic E-state index is 0.167. The topological polar surface area (TPSA) is 35.9 Å². The summed E-state index contributed by atoms with van der Waals surface area (Å²) < 4.78 is 6.78. The molecule has 7 rings (SSSR count). The first-order valence-electron chi connectivity index (χ1n) is 14.7. The van der Waals surface area contributed by atoms with E-state index in [0.29, 0.717) is 0 Å². The van der Waals surface area contributed by atoms with Gasteiger partial charge in [-0.3, -0.25) is 0 Å². The van der Waals surface area contributed by atoms with E-state index < -0.39 is 0 Å². The first-order chi connectivity index (χ1) is 19.2. The fraction of sp³-hybridized carbons (Fsp3) is 0.314. The van der Waals surface area contributed by atoms with Crippen molar-refractivity contribution in [3.63, 3.8) is 0 Å². The molecule has 1 atom stereocenters. The number of anilines is 4. The zero-order valence-electron chi connectivity index (χ0n) is 22.9. The number of benzene rings is 4. The Morgan fingerprint density at radius 1 is 0.615 bits per heavy atom. The molecule has 4 heteroatoms. The van der Waals surface area contributed by atoms with E-state index in [2.05, 4.69) is 72.2 Å². The first kappa shape index (κ1) is 24.1. The van der Waals surface area contributed by atoms with Crippen molar-refractivity contribution >= 4 is 22.7 Å². The summed E-state index contributed by atoms with van der Waals surface area (Å²) in [6, 6.07) is 25.5. The van der Waals surface area contributed by atoms with Crippen molar-refractivity contribution in [1.82, 2.24) is 0 Å². The summed E-state index contributed by atoms with van der Waals surface area (Å²) in [6.45, 7) is 6.54. The zero-order chi connectivity index (χ0) is 26.5. The highest BCUT2D eigenvalue weighted by Gasteiger charge is 2.45. The molecule has 3 aliphatic rings. The molecule has 0 aromatic heterocycles. The van der Waals surface area contributed by atoms with Gasteiger partial charge in [0.15, 0.2) is 0 Å². The molecule has 0 spiro atoms. The summed E-state index contributed by atoms with van der Waals surface area (Å²) in [5.74, 6) is 2.37. The zero-order valence-corrected chi connectivity index (χ0v) is 22.9. The summed E-state index contributed by atoms with van der Waals surface area (Å²) in [6.07, 6.45) is 7.17. The molecule has 198 valence electrons. The van der Waals surface area contributed by atoms with Crippen LogP contribution < -0.4 is 14.5 Å². The predicted octanol–water partition coefficient (Wildman–Crippen LogP) is 9.63. The van der Waals surface area contributed by atoms with Crippen LogP contribution in [0.4, 0.5) is 22.7 Å². The molecule has 4 nitrogen and oxygen atoms in total. The summed E-state index contributed by atoms with van der Waals surface area (Å²) in [4.78, 5) is 5.11. The number of rotatable bonds is 9. The SMILES string of the molecule is CCCCCN1c2cccc3c2C2c4c(cc(-c5ccc(O)cc5)cc4N(CCCCC)c4cccc1c42)O3. The first-order valence-corrected chi connectivity index (χ1v) is 14.7. The lowest BCUT2D eigenvalue weighted by Crippen LogP contribution is -2.35. The van der Waals surface area contributed by atoms with Gasteiger partial charge in [0.05, 0.1) is 0 Å². The van der Waals surface area contributed by atoms with Gasteiger partial charge in [-0.2, -0.15) is 0 Å². The summed E-state index contributed by atoms with van der Waals surface area (Å²) >= 11 is 0. The van der Waals surface area contributed by atoms with Crippen molar-refractivity contribution in [3.05, 3.63) is 89.5 Å². The third kappa shape index (κ3) is 3.80. The molecule has 4 aromatic rings. The molecule has 0 saturated heterocycles. The fourth-order valence-corrected chi connectivity index (χ4v) is 6.82. The van der Waals surface area contributed by atoms with Crippen molar-refractivity contribution < 1.29 is 9.84 Å². The Kier molecular flexibility index (Phi) is 5.99. The Morgan fingerprint density at radius 2 is 1.21 bits per heavy atom. The van der Waals surface area contributed by atoms with Gasteiger partial charge in [-0.25, -0.2) is 0 Å². The van der Waals surface area contributed by atoms with Crippen molar-refractivity contribution in [2.45, 2.75) is 58.3 Å². The Morgan fingerprint density at radius 3 is 1.87 bits per heavy atom. The second-order valence-corrected chi connectivity index (χ2v) is 11.1. The van der Waals surface area contributed by atoms with Gasteiger partial charge >= 0.3 is 0 Å². The number of phenolic OH excluding ortho intramolecular Hbond substituents is 1. The van der Waals surface area contributed by atoms with Gasteiger partial charge in [0.1, 0.15) is 17.2 Å². The van der Waals surface area contributed by atoms with Gasteiger partial charge in [-0.15, -0.1) is 0 Å². The van der Waals surface area contributed by atoms with E-state index in [1.54, 1.807) is 12.1 Å². The minimum Gasteiger partial charge on any atom is -0.508 e. The third-order valence-electron chi connectivity index (χ3n) is 8.64. The monoisotopic (exact) mass is 516 g/mol. The molecule has 0 saturated carbocycles. The highest BCUT2D eigenvalue weighted by molar-refractivity contribution is 5.94. The van der Waals surface area contributed by atoms with E-state index >= 15 is 0 Å².